The van der Waals surface area contributed by atoms with E-state index in [9.17, 15) is 4.79 Å². The van der Waals surface area contributed by atoms with E-state index in [1.165, 1.54) is 4.90 Å². The molecule has 4 nitrogen and oxygen atoms in total. The first-order valence-corrected chi connectivity index (χ1v) is 5.87. The lowest BCUT2D eigenvalue weighted by molar-refractivity contribution is 0.224. The fourth-order valence-electron chi connectivity index (χ4n) is 1.22. The lowest BCUT2D eigenvalue weighted by Gasteiger charge is -2.16. The van der Waals surface area contributed by atoms with Crippen LogP contribution in [0.3, 0.4) is 0 Å². The van der Waals surface area contributed by atoms with E-state index in [1.807, 2.05) is 6.92 Å². The molecule has 5 heteroatoms. The maximum Gasteiger partial charge on any atom is 0.321 e. The van der Waals surface area contributed by atoms with Crippen molar-refractivity contribution in [2.24, 2.45) is 0 Å². The van der Waals surface area contributed by atoms with Gasteiger partial charge < -0.3 is 15.3 Å². The third kappa shape index (κ3) is 3.95. The zero-order valence-corrected chi connectivity index (χ0v) is 11.1. The van der Waals surface area contributed by atoms with Gasteiger partial charge in [0.25, 0.3) is 0 Å². The summed E-state index contributed by atoms with van der Waals surface area (Å²) in [4.78, 5) is 13.3. The fourth-order valence-corrected chi connectivity index (χ4v) is 1.39. The Bertz CT molecular complexity index is 491. The molecule has 0 radical (unpaired) electrons. The van der Waals surface area contributed by atoms with Crippen molar-refractivity contribution in [3.63, 3.8) is 0 Å². The number of carbonyl (C=O) groups is 1. The maximum absolute atomic E-state index is 11.7. The molecule has 18 heavy (non-hydrogen) atoms. The normalized spacial score (nSPS) is 9.33. The molecule has 0 fully saturated rings. The molecule has 2 N–H and O–H groups in total. The number of aliphatic hydroxyl groups is 1. The van der Waals surface area contributed by atoms with Gasteiger partial charge in [-0.15, -0.1) is 0 Å². The fraction of sp³-hybridized carbons (Fsp3) is 0.308. The predicted molar refractivity (Wildman–Crippen MR) is 72.7 cm³/mol. The second kappa shape index (κ2) is 6.90. The third-order valence-corrected chi connectivity index (χ3v) is 2.58. The molecule has 0 atom stereocenters. The molecule has 2 amide bonds. The lowest BCUT2D eigenvalue weighted by Crippen LogP contribution is -2.31. The lowest BCUT2D eigenvalue weighted by atomic mass is 10.2. The van der Waals surface area contributed by atoms with Gasteiger partial charge in [0, 0.05) is 24.2 Å². The first-order chi connectivity index (χ1) is 8.58. The van der Waals surface area contributed by atoms with Gasteiger partial charge in [-0.05, 0) is 25.1 Å². The van der Waals surface area contributed by atoms with E-state index >= 15 is 0 Å². The molecule has 1 rings (SSSR count). The van der Waals surface area contributed by atoms with Crippen molar-refractivity contribution in [3.05, 3.63) is 28.8 Å². The first kappa shape index (κ1) is 14.4. The highest BCUT2D eigenvalue weighted by Gasteiger charge is 2.09. The van der Waals surface area contributed by atoms with Crippen molar-refractivity contribution in [2.75, 3.05) is 25.5 Å². The van der Waals surface area contributed by atoms with Crippen LogP contribution in [-0.4, -0.2) is 36.2 Å². The summed E-state index contributed by atoms with van der Waals surface area (Å²) < 4.78 is 0. The van der Waals surface area contributed by atoms with Gasteiger partial charge in [0.2, 0.25) is 0 Å². The number of nitrogens with zero attached hydrogens (tertiary/aromatic N) is 1. The molecule has 1 aromatic carbocycles. The Balaban J connectivity index is 2.97. The van der Waals surface area contributed by atoms with Gasteiger partial charge in [0.05, 0.1) is 5.69 Å². The largest absolute Gasteiger partial charge is 0.384 e. The number of aliphatic hydroxyl groups excluding tert-OH is 1. The minimum absolute atomic E-state index is 0.216. The molecular formula is C13H15ClN2O2. The van der Waals surface area contributed by atoms with Crippen LogP contribution in [0.5, 0.6) is 0 Å². The molecule has 0 aromatic heterocycles. The van der Waals surface area contributed by atoms with Gasteiger partial charge in [-0.2, -0.15) is 0 Å². The van der Waals surface area contributed by atoms with Gasteiger partial charge >= 0.3 is 6.03 Å². The summed E-state index contributed by atoms with van der Waals surface area (Å²) in [6.07, 6.45) is 0. The number of amides is 2. The van der Waals surface area contributed by atoms with Crippen LogP contribution in [0.4, 0.5) is 10.5 Å². The van der Waals surface area contributed by atoms with Gasteiger partial charge in [0.15, 0.2) is 0 Å². The van der Waals surface area contributed by atoms with Crippen LogP contribution >= 0.6 is 11.6 Å². The Hall–Kier alpha value is -1.70. The van der Waals surface area contributed by atoms with E-state index in [0.717, 1.165) is 0 Å². The molecule has 0 saturated carbocycles. The number of urea groups is 1. The van der Waals surface area contributed by atoms with E-state index in [1.54, 1.807) is 25.2 Å². The van der Waals surface area contributed by atoms with Gasteiger partial charge in [-0.25, -0.2) is 4.79 Å². The zero-order valence-electron chi connectivity index (χ0n) is 10.3. The number of anilines is 1. The van der Waals surface area contributed by atoms with E-state index in [0.29, 0.717) is 22.8 Å². The highest BCUT2D eigenvalue weighted by atomic mass is 35.5. The number of rotatable bonds is 2. The maximum atomic E-state index is 11.7. The standard InChI is InChI=1S/C13H15ClN2O2/c1-3-16(2)13(18)15-12-7-6-11(14)9-10(12)5-4-8-17/h6-7,9,17H,3,8H2,1-2H3,(H,15,18). The molecule has 1 aromatic rings. The minimum Gasteiger partial charge on any atom is -0.384 e. The van der Waals surface area contributed by atoms with Crippen LogP contribution < -0.4 is 5.32 Å². The van der Waals surface area contributed by atoms with Gasteiger partial charge in [-0.1, -0.05) is 23.4 Å². The molecule has 0 aliphatic heterocycles. The summed E-state index contributed by atoms with van der Waals surface area (Å²) in [5, 5.41) is 12.0. The molecule has 0 heterocycles. The Morgan fingerprint density at radius 2 is 2.28 bits per heavy atom. The molecule has 96 valence electrons. The number of hydrogen-bond acceptors (Lipinski definition) is 2. The average Bonchev–Trinajstić information content (AvgIpc) is 2.37. The topological polar surface area (TPSA) is 52.6 Å². The van der Waals surface area contributed by atoms with Crippen LogP contribution in [0.15, 0.2) is 18.2 Å². The molecule has 0 unspecified atom stereocenters. The Morgan fingerprint density at radius 3 is 2.89 bits per heavy atom. The SMILES string of the molecule is CCN(C)C(=O)Nc1ccc(Cl)cc1C#CCO. The number of nitrogens with one attached hydrogen (secondary N) is 1. The van der Waals surface area contributed by atoms with Crippen LogP contribution in [0.25, 0.3) is 0 Å². The van der Waals surface area contributed by atoms with Crippen molar-refractivity contribution >= 4 is 23.3 Å². The van der Waals surface area contributed by atoms with E-state index in [4.69, 9.17) is 16.7 Å². The molecular weight excluding hydrogens is 252 g/mol. The molecule has 0 aliphatic carbocycles. The number of hydrogen-bond donors (Lipinski definition) is 2. The second-order valence-electron chi connectivity index (χ2n) is 3.59. The smallest absolute Gasteiger partial charge is 0.321 e. The van der Waals surface area contributed by atoms with E-state index in [-0.39, 0.29) is 12.6 Å². The zero-order chi connectivity index (χ0) is 13.5. The number of benzene rings is 1. The minimum atomic E-state index is -0.241. The van der Waals surface area contributed by atoms with Crippen LogP contribution in [0.1, 0.15) is 12.5 Å². The van der Waals surface area contributed by atoms with Gasteiger partial charge in [-0.3, -0.25) is 0 Å². The van der Waals surface area contributed by atoms with Gasteiger partial charge in [0.1, 0.15) is 6.61 Å². The summed E-state index contributed by atoms with van der Waals surface area (Å²) in [7, 11) is 1.70. The summed E-state index contributed by atoms with van der Waals surface area (Å²) in [5.74, 6) is 5.28. The summed E-state index contributed by atoms with van der Waals surface area (Å²) in [5.41, 5.74) is 1.15. The predicted octanol–water partition coefficient (Wildman–Crippen LogP) is 2.17. The van der Waals surface area contributed by atoms with Crippen LogP contribution in [0, 0.1) is 11.8 Å². The molecule has 0 spiro atoms. The van der Waals surface area contributed by atoms with Crippen molar-refractivity contribution in [3.8, 4) is 11.8 Å². The highest BCUT2D eigenvalue weighted by molar-refractivity contribution is 6.30. The quantitative estimate of drug-likeness (QED) is 0.806. The Kier molecular flexibility index (Phi) is 5.50. The Labute approximate surface area is 112 Å². The molecule has 0 aliphatic rings. The van der Waals surface area contributed by atoms with Crippen molar-refractivity contribution in [1.82, 2.24) is 4.90 Å². The molecule has 0 saturated heterocycles. The first-order valence-electron chi connectivity index (χ1n) is 5.50. The summed E-state index contributed by atoms with van der Waals surface area (Å²) >= 11 is 5.87. The summed E-state index contributed by atoms with van der Waals surface area (Å²) in [6.45, 7) is 2.25. The van der Waals surface area contributed by atoms with Crippen molar-refractivity contribution < 1.29 is 9.90 Å². The van der Waals surface area contributed by atoms with E-state index in [2.05, 4.69) is 17.2 Å². The second-order valence-corrected chi connectivity index (χ2v) is 4.03. The Morgan fingerprint density at radius 1 is 1.56 bits per heavy atom. The van der Waals surface area contributed by atoms with Crippen molar-refractivity contribution in [2.45, 2.75) is 6.92 Å². The van der Waals surface area contributed by atoms with Crippen LogP contribution in [-0.2, 0) is 0 Å². The summed E-state index contributed by atoms with van der Waals surface area (Å²) in [6, 6.07) is 4.79. The van der Waals surface area contributed by atoms with Crippen LogP contribution in [0.2, 0.25) is 5.02 Å². The highest BCUT2D eigenvalue weighted by Crippen LogP contribution is 2.20. The van der Waals surface area contributed by atoms with E-state index < -0.39 is 0 Å². The third-order valence-electron chi connectivity index (χ3n) is 2.35. The number of halogens is 1. The van der Waals surface area contributed by atoms with Crippen molar-refractivity contribution in [1.29, 1.82) is 0 Å². The number of carbonyl (C=O) groups excluding carboxylic acids is 1. The molecule has 0 bridgehead atoms. The monoisotopic (exact) mass is 266 g/mol. The average molecular weight is 267 g/mol.